The van der Waals surface area contributed by atoms with E-state index in [1.807, 2.05) is 13.8 Å². The first-order chi connectivity index (χ1) is 24.6. The van der Waals surface area contributed by atoms with Gasteiger partial charge in [0.2, 0.25) is 12.2 Å². The Balaban J connectivity index is 1.50. The highest BCUT2D eigenvalue weighted by Crippen LogP contribution is 2.29. The summed E-state index contributed by atoms with van der Waals surface area (Å²) in [7, 11) is 1.72. The molecule has 1 saturated heterocycles. The van der Waals surface area contributed by atoms with Gasteiger partial charge in [0.25, 0.3) is 11.0 Å². The van der Waals surface area contributed by atoms with E-state index in [1.54, 1.807) is 7.11 Å². The van der Waals surface area contributed by atoms with Crippen LogP contribution >= 0.6 is 0 Å². The van der Waals surface area contributed by atoms with E-state index in [4.69, 9.17) is 15.2 Å². The molecule has 1 aromatic heterocycles. The number of nitrogens with one attached hydrogen (secondary N) is 1. The molecule has 52 heavy (non-hydrogen) atoms. The maximum Gasteiger partial charge on any atom is 0.510 e. The smallest absolute Gasteiger partial charge is 0.424 e. The minimum Gasteiger partial charge on any atom is -0.424 e. The fourth-order valence-corrected chi connectivity index (χ4v) is 6.84. The van der Waals surface area contributed by atoms with E-state index in [0.29, 0.717) is 44.9 Å². The van der Waals surface area contributed by atoms with Gasteiger partial charge in [-0.3, -0.25) is 14.4 Å². The molecule has 0 radical (unpaired) electrons. The topological polar surface area (TPSA) is 198 Å². The van der Waals surface area contributed by atoms with E-state index in [-0.39, 0.29) is 30.2 Å². The molecule has 0 aliphatic carbocycles. The minimum absolute atomic E-state index is 0.0323. The molecule has 15 heteroatoms. The Morgan fingerprint density at radius 1 is 1.10 bits per heavy atom. The van der Waals surface area contributed by atoms with Gasteiger partial charge in [-0.1, -0.05) is 39.8 Å². The lowest BCUT2D eigenvalue weighted by molar-refractivity contribution is -0.777. The lowest BCUT2D eigenvalue weighted by Crippen LogP contribution is -2.50. The molecule has 0 spiro atoms. The standard InChI is InChI=1S/C37H59N5O10/c1-23(2)28(17-27-9-10-30-25(5)21-41(33(30)18-27)13-8-16-49-7)19-32(38)34(43)20-31(24(3)4)36(45)39-29-11-14-40(15-12-29)35(44)22-50-37(46)51-26(6)52-42(47)48/h9-10,18,21,23-24,26,28-29,31-32,34,43H,8,11-17,19-20,22,38H2,1-7H3,(H,39,45)/t26?,28-,31-,32-,34-/m0/s1. The molecule has 3 rings (SSSR count). The van der Waals surface area contributed by atoms with Crippen molar-refractivity contribution in [1.29, 1.82) is 0 Å². The van der Waals surface area contributed by atoms with Gasteiger partial charge in [0.05, 0.1) is 6.10 Å². The molecule has 15 nitrogen and oxygen atoms in total. The second-order valence-electron chi connectivity index (χ2n) is 14.7. The number of amides is 2. The van der Waals surface area contributed by atoms with Crippen LogP contribution in [0.25, 0.3) is 10.9 Å². The number of nitrogens with zero attached hydrogens (tertiary/aromatic N) is 3. The molecule has 1 aliphatic heterocycles. The Morgan fingerprint density at radius 2 is 1.79 bits per heavy atom. The summed E-state index contributed by atoms with van der Waals surface area (Å²) < 4.78 is 16.9. The predicted molar refractivity (Wildman–Crippen MR) is 194 cm³/mol. The lowest BCUT2D eigenvalue weighted by atomic mass is 9.80. The maximum atomic E-state index is 13.5. The zero-order valence-corrected chi connectivity index (χ0v) is 31.7. The van der Waals surface area contributed by atoms with Crippen LogP contribution in [-0.2, 0) is 41.6 Å². The average molecular weight is 734 g/mol. The first-order valence-electron chi connectivity index (χ1n) is 18.3. The maximum absolute atomic E-state index is 13.5. The van der Waals surface area contributed by atoms with Crippen molar-refractivity contribution in [3.05, 3.63) is 45.6 Å². The van der Waals surface area contributed by atoms with Crippen LogP contribution in [0.3, 0.4) is 0 Å². The number of piperidine rings is 1. The summed E-state index contributed by atoms with van der Waals surface area (Å²) in [6.45, 7) is 13.2. The molecule has 1 unspecified atom stereocenters. The minimum atomic E-state index is -1.48. The molecule has 2 heterocycles. The fourth-order valence-electron chi connectivity index (χ4n) is 6.84. The van der Waals surface area contributed by atoms with E-state index in [9.17, 15) is 29.6 Å². The van der Waals surface area contributed by atoms with Gasteiger partial charge in [-0.25, -0.2) is 4.79 Å². The number of carbonyl (C=O) groups excluding carboxylic acids is 3. The number of benzene rings is 1. The summed E-state index contributed by atoms with van der Waals surface area (Å²) in [6.07, 6.45) is 2.24. The van der Waals surface area contributed by atoms with Crippen molar-refractivity contribution in [2.24, 2.45) is 29.4 Å². The quantitative estimate of drug-likeness (QED) is 0.0575. The number of methoxy groups -OCH3 is 1. The second-order valence-corrected chi connectivity index (χ2v) is 14.7. The van der Waals surface area contributed by atoms with Crippen LogP contribution < -0.4 is 11.1 Å². The Hall–Kier alpha value is -3.95. The fraction of sp³-hybridized carbons (Fsp3) is 0.703. The highest BCUT2D eigenvalue weighted by Gasteiger charge is 2.32. The number of aliphatic hydroxyl groups excluding tert-OH is 1. The monoisotopic (exact) mass is 733 g/mol. The van der Waals surface area contributed by atoms with Crippen molar-refractivity contribution in [2.45, 2.75) is 111 Å². The average Bonchev–Trinajstić information content (AvgIpc) is 3.39. The number of fused-ring (bicyclic) bond motifs is 1. The number of aryl methyl sites for hydroxylation is 2. The number of aromatic nitrogens is 1. The van der Waals surface area contributed by atoms with Crippen LogP contribution in [0.2, 0.25) is 0 Å². The Morgan fingerprint density at radius 3 is 2.40 bits per heavy atom. The molecule has 0 bridgehead atoms. The second kappa shape index (κ2) is 20.3. The van der Waals surface area contributed by atoms with E-state index in [1.165, 1.54) is 26.9 Å². The van der Waals surface area contributed by atoms with Gasteiger partial charge in [0, 0.05) is 68.5 Å². The largest absolute Gasteiger partial charge is 0.510 e. The number of likely N-dealkylation sites (tertiary alicyclic amines) is 1. The van der Waals surface area contributed by atoms with Gasteiger partial charge in [0.15, 0.2) is 6.61 Å². The molecule has 1 aliphatic rings. The van der Waals surface area contributed by atoms with E-state index < -0.39 is 48.1 Å². The number of aliphatic hydroxyl groups is 1. The number of hydrogen-bond acceptors (Lipinski definition) is 11. The van der Waals surface area contributed by atoms with E-state index in [2.05, 4.69) is 64.6 Å². The van der Waals surface area contributed by atoms with Crippen molar-refractivity contribution in [3.8, 4) is 0 Å². The van der Waals surface area contributed by atoms with Crippen LogP contribution in [0, 0.1) is 40.7 Å². The number of nitrogens with two attached hydrogens (primary N) is 1. The normalized spacial score (nSPS) is 16.7. The summed E-state index contributed by atoms with van der Waals surface area (Å²) in [6, 6.07) is 6.00. The van der Waals surface area contributed by atoms with Crippen LogP contribution in [-0.4, -0.2) is 95.5 Å². The SMILES string of the molecule is COCCCn1cc(C)c2ccc(C[C@@H](C[C@H](N)[C@@H](O)C[C@H](C(=O)NC3CCN(C(=O)COC(=O)OC(C)O[N+](=O)[O-])CC3)C(C)C)C(C)C)cc21. The third-order valence-corrected chi connectivity index (χ3v) is 10.0. The van der Waals surface area contributed by atoms with Gasteiger partial charge >= 0.3 is 6.16 Å². The van der Waals surface area contributed by atoms with Crippen molar-refractivity contribution < 1.29 is 43.6 Å². The summed E-state index contributed by atoms with van der Waals surface area (Å²) >= 11 is 0. The zero-order valence-electron chi connectivity index (χ0n) is 31.7. The van der Waals surface area contributed by atoms with Crippen molar-refractivity contribution in [2.75, 3.05) is 33.4 Å². The number of rotatable bonds is 20. The summed E-state index contributed by atoms with van der Waals surface area (Å²) in [5, 5.41) is 24.9. The van der Waals surface area contributed by atoms with Gasteiger partial charge in [0.1, 0.15) is 0 Å². The lowest BCUT2D eigenvalue weighted by Gasteiger charge is -2.34. The molecule has 1 aromatic carbocycles. The third kappa shape index (κ3) is 12.9. The first kappa shape index (κ1) is 42.5. The van der Waals surface area contributed by atoms with Crippen molar-refractivity contribution in [3.63, 3.8) is 0 Å². The highest BCUT2D eigenvalue weighted by atomic mass is 17.0. The molecular weight excluding hydrogens is 674 g/mol. The van der Waals surface area contributed by atoms with E-state index >= 15 is 0 Å². The molecule has 2 amide bonds. The summed E-state index contributed by atoms with van der Waals surface area (Å²) in [5.74, 6) is -0.511. The van der Waals surface area contributed by atoms with Gasteiger partial charge < -0.3 is 39.8 Å². The van der Waals surface area contributed by atoms with Crippen LogP contribution in [0.4, 0.5) is 4.79 Å². The third-order valence-electron chi connectivity index (χ3n) is 10.0. The number of ether oxygens (including phenoxy) is 3. The molecule has 4 N–H and O–H groups in total. The molecule has 2 aromatic rings. The van der Waals surface area contributed by atoms with Crippen molar-refractivity contribution >= 4 is 28.9 Å². The van der Waals surface area contributed by atoms with Gasteiger partial charge in [-0.2, -0.15) is 0 Å². The molecule has 5 atom stereocenters. The molecule has 292 valence electrons. The van der Waals surface area contributed by atoms with Crippen LogP contribution in [0.1, 0.15) is 77.8 Å². The number of carbonyl (C=O) groups is 3. The van der Waals surface area contributed by atoms with Crippen LogP contribution in [0.15, 0.2) is 24.4 Å². The Bertz CT molecular complexity index is 1470. The van der Waals surface area contributed by atoms with Crippen molar-refractivity contribution in [1.82, 2.24) is 14.8 Å². The summed E-state index contributed by atoms with van der Waals surface area (Å²) in [4.78, 5) is 53.6. The summed E-state index contributed by atoms with van der Waals surface area (Å²) in [5.41, 5.74) is 10.3. The number of hydrogen-bond donors (Lipinski definition) is 3. The zero-order chi connectivity index (χ0) is 38.5. The predicted octanol–water partition coefficient (Wildman–Crippen LogP) is 4.36. The highest BCUT2D eigenvalue weighted by molar-refractivity contribution is 5.84. The first-order valence-corrected chi connectivity index (χ1v) is 18.3. The van der Waals surface area contributed by atoms with Gasteiger partial charge in [-0.15, -0.1) is 10.1 Å². The molecular formula is C37H59N5O10. The van der Waals surface area contributed by atoms with Gasteiger partial charge in [-0.05, 0) is 87.3 Å². The molecule has 1 fully saturated rings. The Labute approximate surface area is 306 Å². The van der Waals surface area contributed by atoms with E-state index in [0.717, 1.165) is 26.3 Å². The molecule has 0 saturated carbocycles. The van der Waals surface area contributed by atoms with Crippen LogP contribution in [0.5, 0.6) is 0 Å². The Kier molecular flexibility index (Phi) is 16.6.